The summed E-state index contributed by atoms with van der Waals surface area (Å²) in [5.74, 6) is 3.19. The van der Waals surface area contributed by atoms with E-state index in [1.807, 2.05) is 6.07 Å². The monoisotopic (exact) mass is 315 g/mol. The molecule has 1 saturated heterocycles. The average molecular weight is 316 g/mol. The van der Waals surface area contributed by atoms with Crippen LogP contribution in [0.3, 0.4) is 0 Å². The summed E-state index contributed by atoms with van der Waals surface area (Å²) in [4.78, 5) is 11.4. The third kappa shape index (κ3) is 3.35. The fourth-order valence-electron chi connectivity index (χ4n) is 1.95. The molecule has 5 heteroatoms. The maximum atomic E-state index is 4.62. The fraction of sp³-hybridized carbons (Fsp3) is 0.667. The molecule has 1 unspecified atom stereocenters. The number of aromatic nitrogens is 2. The molecule has 1 aromatic rings. The van der Waals surface area contributed by atoms with Crippen molar-refractivity contribution in [1.82, 2.24) is 9.97 Å². The molecule has 0 N–H and O–H groups in total. The summed E-state index contributed by atoms with van der Waals surface area (Å²) in [5, 5.41) is 0.738. The van der Waals surface area contributed by atoms with Crippen LogP contribution < -0.4 is 4.90 Å². The molecule has 1 aromatic heterocycles. The van der Waals surface area contributed by atoms with Gasteiger partial charge < -0.3 is 4.90 Å². The normalized spacial score (nSPS) is 20.6. The molecule has 2 heterocycles. The molecule has 1 atom stereocenters. The highest BCUT2D eigenvalue weighted by Gasteiger charge is 2.20. The van der Waals surface area contributed by atoms with Gasteiger partial charge in [-0.2, -0.15) is 11.8 Å². The molecule has 0 amide bonds. The van der Waals surface area contributed by atoms with Crippen LogP contribution in [0.2, 0.25) is 0 Å². The first-order valence-corrected chi connectivity index (χ1v) is 7.97. The second-order valence-electron chi connectivity index (χ2n) is 4.17. The number of nitrogens with zero attached hydrogens (tertiary/aromatic N) is 3. The Hall–Kier alpha value is -0.290. The molecule has 1 aliphatic heterocycles. The summed E-state index contributed by atoms with van der Waals surface area (Å²) in [6.45, 7) is 6.54. The lowest BCUT2D eigenvalue weighted by Gasteiger charge is -2.32. The largest absolute Gasteiger partial charge is 0.355 e. The minimum absolute atomic E-state index is 0.738. The third-order valence-corrected chi connectivity index (χ3v) is 4.74. The van der Waals surface area contributed by atoms with E-state index in [1.165, 1.54) is 12.2 Å². The van der Waals surface area contributed by atoms with Crippen LogP contribution in [-0.4, -0.2) is 34.1 Å². The van der Waals surface area contributed by atoms with E-state index in [0.717, 1.165) is 41.0 Å². The number of thioether (sulfide) groups is 1. The van der Waals surface area contributed by atoms with Crippen LogP contribution in [0.5, 0.6) is 0 Å². The lowest BCUT2D eigenvalue weighted by atomic mass is 10.3. The fourth-order valence-corrected chi connectivity index (χ4v) is 3.54. The predicted molar refractivity (Wildman–Crippen MR) is 77.9 cm³/mol. The van der Waals surface area contributed by atoms with Crippen LogP contribution >= 0.6 is 27.7 Å². The zero-order chi connectivity index (χ0) is 12.3. The molecule has 2 rings (SSSR count). The van der Waals surface area contributed by atoms with Crippen molar-refractivity contribution >= 4 is 33.5 Å². The number of anilines is 1. The lowest BCUT2D eigenvalue weighted by Crippen LogP contribution is -2.38. The van der Waals surface area contributed by atoms with Gasteiger partial charge in [-0.05, 0) is 22.4 Å². The van der Waals surface area contributed by atoms with E-state index < -0.39 is 0 Å². The van der Waals surface area contributed by atoms with Gasteiger partial charge >= 0.3 is 0 Å². The first-order valence-electron chi connectivity index (χ1n) is 6.13. The molecule has 94 valence electrons. The van der Waals surface area contributed by atoms with Gasteiger partial charge in [-0.15, -0.1) is 0 Å². The Balaban J connectivity index is 2.18. The number of hydrogen-bond donors (Lipinski definition) is 0. The highest BCUT2D eigenvalue weighted by Crippen LogP contribution is 2.25. The molecule has 0 saturated carbocycles. The Morgan fingerprint density at radius 2 is 2.29 bits per heavy atom. The number of halogens is 1. The van der Waals surface area contributed by atoms with Crippen molar-refractivity contribution in [2.45, 2.75) is 31.9 Å². The van der Waals surface area contributed by atoms with Gasteiger partial charge in [-0.3, -0.25) is 0 Å². The molecule has 17 heavy (non-hydrogen) atoms. The van der Waals surface area contributed by atoms with E-state index in [1.54, 1.807) is 0 Å². The van der Waals surface area contributed by atoms with E-state index in [9.17, 15) is 0 Å². The van der Waals surface area contributed by atoms with Gasteiger partial charge in [0, 0.05) is 36.6 Å². The minimum atomic E-state index is 0.738. The standard InChI is InChI=1S/C12H18BrN3S/c1-3-9-8-16(5-6-17-9)12-7-10(13)14-11(4-2)15-12/h7,9H,3-6,8H2,1-2H3. The molecule has 0 aliphatic carbocycles. The summed E-state index contributed by atoms with van der Waals surface area (Å²) in [6.07, 6.45) is 2.11. The van der Waals surface area contributed by atoms with Gasteiger partial charge in [0.1, 0.15) is 16.2 Å². The van der Waals surface area contributed by atoms with E-state index in [-0.39, 0.29) is 0 Å². The van der Waals surface area contributed by atoms with E-state index in [2.05, 4.69) is 56.4 Å². The number of aryl methyl sites for hydroxylation is 1. The van der Waals surface area contributed by atoms with Crippen molar-refractivity contribution in [2.24, 2.45) is 0 Å². The van der Waals surface area contributed by atoms with E-state index >= 15 is 0 Å². The van der Waals surface area contributed by atoms with Crippen molar-refractivity contribution in [3.63, 3.8) is 0 Å². The summed E-state index contributed by atoms with van der Waals surface area (Å²) >= 11 is 5.55. The van der Waals surface area contributed by atoms with Crippen molar-refractivity contribution in [2.75, 3.05) is 23.7 Å². The van der Waals surface area contributed by atoms with Crippen LogP contribution in [0.1, 0.15) is 26.1 Å². The number of rotatable bonds is 3. The smallest absolute Gasteiger partial charge is 0.133 e. The second-order valence-corrected chi connectivity index (χ2v) is 6.39. The molecule has 3 nitrogen and oxygen atoms in total. The molecule has 1 aliphatic rings. The average Bonchev–Trinajstić information content (AvgIpc) is 2.38. The van der Waals surface area contributed by atoms with Gasteiger partial charge in [0.15, 0.2) is 0 Å². The first kappa shape index (κ1) is 13.1. The van der Waals surface area contributed by atoms with Gasteiger partial charge in [0.05, 0.1) is 0 Å². The topological polar surface area (TPSA) is 29.0 Å². The Kier molecular flexibility index (Phi) is 4.68. The van der Waals surface area contributed by atoms with Crippen LogP contribution in [-0.2, 0) is 6.42 Å². The summed E-state index contributed by atoms with van der Waals surface area (Å²) in [7, 11) is 0. The maximum Gasteiger partial charge on any atom is 0.133 e. The SMILES string of the molecule is CCc1nc(Br)cc(N2CCSC(CC)C2)n1. The highest BCUT2D eigenvalue weighted by atomic mass is 79.9. The van der Waals surface area contributed by atoms with Crippen LogP contribution in [0.15, 0.2) is 10.7 Å². The molecule has 1 fully saturated rings. The van der Waals surface area contributed by atoms with Gasteiger partial charge in [0.2, 0.25) is 0 Å². The Morgan fingerprint density at radius 3 is 3.00 bits per heavy atom. The second kappa shape index (κ2) is 6.05. The van der Waals surface area contributed by atoms with Gasteiger partial charge in [-0.1, -0.05) is 13.8 Å². The summed E-state index contributed by atoms with van der Waals surface area (Å²) in [5.41, 5.74) is 0. The minimum Gasteiger partial charge on any atom is -0.355 e. The van der Waals surface area contributed by atoms with Gasteiger partial charge in [0.25, 0.3) is 0 Å². The molecule has 0 bridgehead atoms. The van der Waals surface area contributed by atoms with Crippen molar-refractivity contribution in [3.05, 3.63) is 16.5 Å². The zero-order valence-electron chi connectivity index (χ0n) is 10.3. The maximum absolute atomic E-state index is 4.62. The molecular formula is C12H18BrN3S. The predicted octanol–water partition coefficient (Wildman–Crippen LogP) is 3.13. The van der Waals surface area contributed by atoms with E-state index in [4.69, 9.17) is 0 Å². The van der Waals surface area contributed by atoms with Crippen LogP contribution in [0, 0.1) is 0 Å². The zero-order valence-corrected chi connectivity index (χ0v) is 12.7. The first-order chi connectivity index (χ1) is 8.22. The van der Waals surface area contributed by atoms with Crippen LogP contribution in [0.4, 0.5) is 5.82 Å². The quantitative estimate of drug-likeness (QED) is 0.801. The summed E-state index contributed by atoms with van der Waals surface area (Å²) < 4.78 is 0.894. The Labute approximate surface area is 116 Å². The van der Waals surface area contributed by atoms with Crippen molar-refractivity contribution in [1.29, 1.82) is 0 Å². The highest BCUT2D eigenvalue weighted by molar-refractivity contribution is 9.10. The third-order valence-electron chi connectivity index (χ3n) is 2.96. The van der Waals surface area contributed by atoms with Gasteiger partial charge in [-0.25, -0.2) is 9.97 Å². The molecular weight excluding hydrogens is 298 g/mol. The van der Waals surface area contributed by atoms with E-state index in [0.29, 0.717) is 0 Å². The molecule has 0 radical (unpaired) electrons. The van der Waals surface area contributed by atoms with Crippen molar-refractivity contribution < 1.29 is 0 Å². The summed E-state index contributed by atoms with van der Waals surface area (Å²) in [6, 6.07) is 2.03. The van der Waals surface area contributed by atoms with Crippen molar-refractivity contribution in [3.8, 4) is 0 Å². The molecule has 0 aromatic carbocycles. The van der Waals surface area contributed by atoms with Crippen LogP contribution in [0.25, 0.3) is 0 Å². The Bertz CT molecular complexity index is 386. The molecule has 0 spiro atoms. The Morgan fingerprint density at radius 1 is 1.47 bits per heavy atom. The lowest BCUT2D eigenvalue weighted by molar-refractivity contribution is 0.714. The number of hydrogen-bond acceptors (Lipinski definition) is 4.